The van der Waals surface area contributed by atoms with Crippen LogP contribution in [0.2, 0.25) is 0 Å². The molecule has 1 unspecified atom stereocenters. The second kappa shape index (κ2) is 8.48. The van der Waals surface area contributed by atoms with Gasteiger partial charge in [-0.2, -0.15) is 0 Å². The molecule has 0 spiro atoms. The molecule has 1 aromatic rings. The van der Waals surface area contributed by atoms with Gasteiger partial charge in [-0.1, -0.05) is 12.1 Å². The van der Waals surface area contributed by atoms with Crippen LogP contribution < -0.4 is 20.1 Å². The van der Waals surface area contributed by atoms with Gasteiger partial charge in [-0.25, -0.2) is 4.79 Å². The first kappa shape index (κ1) is 16.4. The molecule has 0 saturated heterocycles. The molecule has 1 heterocycles. The fourth-order valence-corrected chi connectivity index (χ4v) is 2.03. The lowest BCUT2D eigenvalue weighted by molar-refractivity contribution is 0.0772. The highest BCUT2D eigenvalue weighted by Crippen LogP contribution is 2.30. The van der Waals surface area contributed by atoms with E-state index in [1.54, 1.807) is 0 Å². The van der Waals surface area contributed by atoms with Crippen molar-refractivity contribution in [2.24, 2.45) is 0 Å². The molecule has 0 fully saturated rings. The van der Waals surface area contributed by atoms with Gasteiger partial charge in [-0.15, -0.1) is 0 Å². The highest BCUT2D eigenvalue weighted by Gasteiger charge is 2.20. The molecule has 0 bridgehead atoms. The highest BCUT2D eigenvalue weighted by atomic mass is 16.6. The summed E-state index contributed by atoms with van der Waals surface area (Å²) in [7, 11) is 0. The van der Waals surface area contributed by atoms with Gasteiger partial charge < -0.3 is 24.8 Å². The Kier molecular flexibility index (Phi) is 6.33. The van der Waals surface area contributed by atoms with E-state index in [1.807, 2.05) is 38.1 Å². The van der Waals surface area contributed by atoms with Crippen LogP contribution in [0.4, 0.5) is 4.79 Å². The van der Waals surface area contributed by atoms with Crippen molar-refractivity contribution in [3.05, 3.63) is 24.3 Å². The summed E-state index contributed by atoms with van der Waals surface area (Å²) in [5.41, 5.74) is 0. The minimum Gasteiger partial charge on any atom is -0.486 e. The van der Waals surface area contributed by atoms with Crippen LogP contribution >= 0.6 is 0 Å². The third kappa shape index (κ3) is 5.44. The third-order valence-electron chi connectivity index (χ3n) is 3.12. The summed E-state index contributed by atoms with van der Waals surface area (Å²) in [6.45, 7) is 6.05. The van der Waals surface area contributed by atoms with Gasteiger partial charge >= 0.3 is 6.03 Å². The van der Waals surface area contributed by atoms with Crippen molar-refractivity contribution in [1.29, 1.82) is 0 Å². The second-order valence-corrected chi connectivity index (χ2v) is 5.41. The van der Waals surface area contributed by atoms with Crippen molar-refractivity contribution in [3.63, 3.8) is 0 Å². The molecule has 6 nitrogen and oxygen atoms in total. The fourth-order valence-electron chi connectivity index (χ4n) is 2.03. The zero-order chi connectivity index (χ0) is 15.8. The topological polar surface area (TPSA) is 68.8 Å². The van der Waals surface area contributed by atoms with Crippen molar-refractivity contribution < 1.29 is 19.0 Å². The van der Waals surface area contributed by atoms with Crippen LogP contribution in [0.3, 0.4) is 0 Å². The average molecular weight is 308 g/mol. The maximum atomic E-state index is 11.7. The molecule has 2 amide bonds. The van der Waals surface area contributed by atoms with Crippen LogP contribution in [-0.2, 0) is 4.74 Å². The molecule has 6 heteroatoms. The molecule has 2 N–H and O–H groups in total. The van der Waals surface area contributed by atoms with Crippen molar-refractivity contribution in [2.45, 2.75) is 32.5 Å². The minimum atomic E-state index is -0.202. The molecular weight excluding hydrogens is 284 g/mol. The number of ether oxygens (including phenoxy) is 3. The van der Waals surface area contributed by atoms with Gasteiger partial charge in [-0.05, 0) is 32.4 Å². The number of benzene rings is 1. The first-order valence-electron chi connectivity index (χ1n) is 7.67. The smallest absolute Gasteiger partial charge is 0.314 e. The molecule has 22 heavy (non-hydrogen) atoms. The molecule has 1 aromatic carbocycles. The van der Waals surface area contributed by atoms with Crippen molar-refractivity contribution in [2.75, 3.05) is 26.3 Å². The summed E-state index contributed by atoms with van der Waals surface area (Å²) in [5, 5.41) is 5.58. The van der Waals surface area contributed by atoms with Crippen molar-refractivity contribution in [1.82, 2.24) is 10.6 Å². The van der Waals surface area contributed by atoms with E-state index in [-0.39, 0.29) is 18.2 Å². The third-order valence-corrected chi connectivity index (χ3v) is 3.12. The van der Waals surface area contributed by atoms with Gasteiger partial charge in [0.25, 0.3) is 0 Å². The van der Waals surface area contributed by atoms with E-state index in [4.69, 9.17) is 14.2 Å². The lowest BCUT2D eigenvalue weighted by Gasteiger charge is -2.26. The summed E-state index contributed by atoms with van der Waals surface area (Å²) >= 11 is 0. The van der Waals surface area contributed by atoms with Crippen LogP contribution in [0, 0.1) is 0 Å². The van der Waals surface area contributed by atoms with Gasteiger partial charge in [0.15, 0.2) is 17.6 Å². The summed E-state index contributed by atoms with van der Waals surface area (Å²) < 4.78 is 16.8. The predicted octanol–water partition coefficient (Wildman–Crippen LogP) is 1.94. The highest BCUT2D eigenvalue weighted by molar-refractivity contribution is 5.73. The van der Waals surface area contributed by atoms with Crippen LogP contribution in [0.1, 0.15) is 20.3 Å². The van der Waals surface area contributed by atoms with Crippen LogP contribution in [0.25, 0.3) is 0 Å². The van der Waals surface area contributed by atoms with Gasteiger partial charge in [0, 0.05) is 13.2 Å². The van der Waals surface area contributed by atoms with Crippen LogP contribution in [0.15, 0.2) is 24.3 Å². The fraction of sp³-hybridized carbons (Fsp3) is 0.562. The average Bonchev–Trinajstić information content (AvgIpc) is 2.52. The van der Waals surface area contributed by atoms with E-state index in [9.17, 15) is 4.79 Å². The first-order chi connectivity index (χ1) is 10.6. The van der Waals surface area contributed by atoms with Crippen LogP contribution in [0.5, 0.6) is 11.5 Å². The normalized spacial score (nSPS) is 16.4. The maximum absolute atomic E-state index is 11.7. The molecule has 0 aliphatic carbocycles. The lowest BCUT2D eigenvalue weighted by atomic mass is 10.2. The SMILES string of the molecule is CC(C)OCCCNC(=O)NCC1COc2ccccc2O1. The maximum Gasteiger partial charge on any atom is 0.314 e. The Labute approximate surface area is 131 Å². The largest absolute Gasteiger partial charge is 0.486 e. The van der Waals surface area contributed by atoms with E-state index < -0.39 is 0 Å². The molecule has 1 atom stereocenters. The van der Waals surface area contributed by atoms with Gasteiger partial charge in [0.2, 0.25) is 0 Å². The predicted molar refractivity (Wildman–Crippen MR) is 83.5 cm³/mol. The second-order valence-electron chi connectivity index (χ2n) is 5.41. The molecule has 1 aliphatic heterocycles. The van der Waals surface area contributed by atoms with E-state index in [2.05, 4.69) is 10.6 Å². The molecule has 0 aromatic heterocycles. The standard InChI is InChI=1S/C16H24N2O4/c1-12(2)20-9-5-8-17-16(19)18-10-13-11-21-14-6-3-4-7-15(14)22-13/h3-4,6-7,12-13H,5,8-11H2,1-2H3,(H2,17,18,19). The summed E-state index contributed by atoms with van der Waals surface area (Å²) in [6, 6.07) is 7.31. The number of carbonyl (C=O) groups excluding carboxylic acids is 1. The number of nitrogens with one attached hydrogen (secondary N) is 2. The number of hydrogen-bond acceptors (Lipinski definition) is 4. The summed E-state index contributed by atoms with van der Waals surface area (Å²) in [6.07, 6.45) is 0.840. The van der Waals surface area contributed by atoms with Gasteiger partial charge in [0.05, 0.1) is 12.6 Å². The number of amides is 2. The zero-order valence-electron chi connectivity index (χ0n) is 13.1. The number of urea groups is 1. The van der Waals surface area contributed by atoms with E-state index in [0.717, 1.165) is 12.2 Å². The Bertz CT molecular complexity index is 479. The number of para-hydroxylation sites is 2. The number of rotatable bonds is 7. The molecule has 1 aliphatic rings. The molecule has 0 radical (unpaired) electrons. The van der Waals surface area contributed by atoms with E-state index in [1.165, 1.54) is 0 Å². The molecule has 122 valence electrons. The minimum absolute atomic E-state index is 0.176. The van der Waals surface area contributed by atoms with Crippen molar-refractivity contribution >= 4 is 6.03 Å². The Balaban J connectivity index is 1.59. The summed E-state index contributed by atoms with van der Waals surface area (Å²) in [4.78, 5) is 11.7. The monoisotopic (exact) mass is 308 g/mol. The van der Waals surface area contributed by atoms with Gasteiger partial charge in [-0.3, -0.25) is 0 Å². The number of hydrogen-bond donors (Lipinski definition) is 2. The Morgan fingerprint density at radius 2 is 2.09 bits per heavy atom. The van der Waals surface area contributed by atoms with E-state index >= 15 is 0 Å². The molecule has 2 rings (SSSR count). The first-order valence-corrected chi connectivity index (χ1v) is 7.67. The summed E-state index contributed by atoms with van der Waals surface area (Å²) in [5.74, 6) is 1.46. The van der Waals surface area contributed by atoms with Gasteiger partial charge in [0.1, 0.15) is 6.61 Å². The quantitative estimate of drug-likeness (QED) is 0.755. The number of fused-ring (bicyclic) bond motifs is 1. The van der Waals surface area contributed by atoms with Crippen LogP contribution in [-0.4, -0.2) is 44.5 Å². The zero-order valence-corrected chi connectivity index (χ0v) is 13.1. The Morgan fingerprint density at radius 1 is 1.32 bits per heavy atom. The Morgan fingerprint density at radius 3 is 2.86 bits per heavy atom. The lowest BCUT2D eigenvalue weighted by Crippen LogP contribution is -2.44. The number of carbonyl (C=O) groups is 1. The Hall–Kier alpha value is -1.95. The van der Waals surface area contributed by atoms with E-state index in [0.29, 0.717) is 32.1 Å². The molecular formula is C16H24N2O4. The molecule has 0 saturated carbocycles. The van der Waals surface area contributed by atoms with Crippen molar-refractivity contribution in [3.8, 4) is 11.5 Å².